The Hall–Kier alpha value is -9.64. The Balaban J connectivity index is 0.000000148. The van der Waals surface area contributed by atoms with E-state index in [1.54, 1.807) is 0 Å². The summed E-state index contributed by atoms with van der Waals surface area (Å²) in [5, 5.41) is 0. The molecule has 4 nitrogen and oxygen atoms in total. The van der Waals surface area contributed by atoms with Crippen molar-refractivity contribution in [2.45, 2.75) is 69.7 Å². The summed E-state index contributed by atoms with van der Waals surface area (Å²) in [6, 6.07) is 83.8. The van der Waals surface area contributed by atoms with Gasteiger partial charge >= 0.3 is 0 Å². The van der Waals surface area contributed by atoms with Gasteiger partial charge < -0.3 is 0 Å². The van der Waals surface area contributed by atoms with Crippen LogP contribution in [0.1, 0.15) is 57.5 Å². The Morgan fingerprint density at radius 1 is 0.198 bits per heavy atom. The van der Waals surface area contributed by atoms with Crippen molar-refractivity contribution in [3.63, 3.8) is 0 Å². The second kappa shape index (κ2) is 28.8. The first-order valence-electron chi connectivity index (χ1n) is 29.5. The smallest absolute Gasteiger partial charge is 0.200 e. The molecule has 12 rings (SSSR count). The van der Waals surface area contributed by atoms with Crippen molar-refractivity contribution >= 4 is 0 Å². The molecular weight excluding hydrogens is 1040 g/mol. The number of nitrogens with zero attached hydrogens (tertiary/aromatic N) is 4. The van der Waals surface area contributed by atoms with E-state index in [4.69, 9.17) is 0 Å². The summed E-state index contributed by atoms with van der Waals surface area (Å²) in [6.45, 7) is 19.5. The Morgan fingerprint density at radius 3 is 0.802 bits per heavy atom. The lowest BCUT2D eigenvalue weighted by molar-refractivity contribution is -0.660. The second-order valence-corrected chi connectivity index (χ2v) is 22.7. The van der Waals surface area contributed by atoms with E-state index in [1.807, 2.05) is 6.07 Å². The molecule has 86 heavy (non-hydrogen) atoms. The van der Waals surface area contributed by atoms with Crippen molar-refractivity contribution < 1.29 is 18.3 Å². The predicted molar refractivity (Wildman–Crippen MR) is 363 cm³/mol. The Labute approximate surface area is 514 Å². The summed E-state index contributed by atoms with van der Waals surface area (Å²) in [6.07, 6.45) is 8.89. The van der Waals surface area contributed by atoms with Crippen LogP contribution >= 0.6 is 0 Å². The van der Waals surface area contributed by atoms with Crippen LogP contribution in [-0.4, -0.2) is 0 Å². The molecule has 0 atom stereocenters. The summed E-state index contributed by atoms with van der Waals surface area (Å²) in [5.41, 5.74) is 32.1. The lowest BCUT2D eigenvalue weighted by atomic mass is 9.97. The van der Waals surface area contributed by atoms with E-state index < -0.39 is 0 Å². The molecule has 0 fully saturated rings. The van der Waals surface area contributed by atoms with Gasteiger partial charge in [0.05, 0.1) is 0 Å². The number of rotatable bonds is 8. The molecule has 0 unspecified atom stereocenters. The van der Waals surface area contributed by atoms with E-state index in [-0.39, 0.29) is 7.43 Å². The largest absolute Gasteiger partial charge is 0.212 e. The van der Waals surface area contributed by atoms with Crippen LogP contribution in [0.2, 0.25) is 0 Å². The molecule has 0 spiro atoms. The molecule has 0 aliphatic heterocycles. The molecule has 0 bridgehead atoms. The average molecular weight is 1130 g/mol. The molecule has 0 aliphatic rings. The van der Waals surface area contributed by atoms with Crippen molar-refractivity contribution in [2.24, 2.45) is 28.2 Å². The lowest BCUT2D eigenvalue weighted by Crippen LogP contribution is -2.31. The quantitative estimate of drug-likeness (QED) is 0.135. The minimum atomic E-state index is 0. The van der Waals surface area contributed by atoms with Crippen molar-refractivity contribution in [1.82, 2.24) is 0 Å². The van der Waals surface area contributed by atoms with Crippen LogP contribution in [-0.2, 0) is 28.2 Å². The van der Waals surface area contributed by atoms with E-state index in [9.17, 15) is 0 Å². The van der Waals surface area contributed by atoms with Gasteiger partial charge in [-0.3, -0.25) is 0 Å². The van der Waals surface area contributed by atoms with Gasteiger partial charge in [-0.25, -0.2) is 18.3 Å². The molecule has 4 aromatic heterocycles. The van der Waals surface area contributed by atoms with Gasteiger partial charge in [0, 0.05) is 68.8 Å². The Bertz CT molecular complexity index is 4100. The van der Waals surface area contributed by atoms with Crippen LogP contribution < -0.4 is 18.3 Å². The van der Waals surface area contributed by atoms with Gasteiger partial charge in [-0.2, -0.15) is 0 Å². The van der Waals surface area contributed by atoms with Gasteiger partial charge in [0.2, 0.25) is 22.8 Å². The number of hydrogen-bond donors (Lipinski definition) is 0. The third-order valence-corrected chi connectivity index (χ3v) is 16.1. The van der Waals surface area contributed by atoms with Crippen molar-refractivity contribution in [3.05, 3.63) is 311 Å². The fraction of sp³-hybridized carbons (Fsp3) is 0.171. The minimum Gasteiger partial charge on any atom is -0.200 e. The first kappa shape index (κ1) is 62.4. The third kappa shape index (κ3) is 15.0. The molecule has 0 N–H and O–H groups in total. The van der Waals surface area contributed by atoms with Gasteiger partial charge in [0.15, 0.2) is 24.8 Å². The minimum absolute atomic E-state index is 0. The summed E-state index contributed by atoms with van der Waals surface area (Å²) < 4.78 is 8.88. The topological polar surface area (TPSA) is 15.5 Å². The maximum Gasteiger partial charge on any atom is 0.212 e. The Morgan fingerprint density at radius 2 is 0.477 bits per heavy atom. The highest BCUT2D eigenvalue weighted by Gasteiger charge is 2.20. The van der Waals surface area contributed by atoms with E-state index in [0.29, 0.717) is 0 Å². The zero-order chi connectivity index (χ0) is 60.1. The first-order chi connectivity index (χ1) is 41.0. The van der Waals surface area contributed by atoms with Crippen molar-refractivity contribution in [3.8, 4) is 89.5 Å². The van der Waals surface area contributed by atoms with E-state index in [2.05, 4.69) is 364 Å². The van der Waals surface area contributed by atoms with Crippen molar-refractivity contribution in [1.29, 1.82) is 0 Å². The summed E-state index contributed by atoms with van der Waals surface area (Å²) >= 11 is 0. The highest BCUT2D eigenvalue weighted by Crippen LogP contribution is 2.31. The molecule has 430 valence electrons. The zero-order valence-corrected chi connectivity index (χ0v) is 52.1. The molecule has 0 saturated carbocycles. The zero-order valence-electron chi connectivity index (χ0n) is 52.1. The van der Waals surface area contributed by atoms with Crippen molar-refractivity contribution in [2.75, 3.05) is 0 Å². The number of hydrogen-bond acceptors (Lipinski definition) is 0. The van der Waals surface area contributed by atoms with Gasteiger partial charge in [-0.05, 0) is 154 Å². The van der Waals surface area contributed by atoms with Crippen LogP contribution in [0.15, 0.2) is 261 Å². The molecule has 0 radical (unpaired) electrons. The van der Waals surface area contributed by atoms with Gasteiger partial charge in [-0.1, -0.05) is 201 Å². The monoisotopic (exact) mass is 1130 g/mol. The number of benzene rings is 8. The molecule has 4 heterocycles. The molecule has 0 amide bonds. The maximum absolute atomic E-state index is 2.29. The fourth-order valence-electron chi connectivity index (χ4n) is 11.4. The highest BCUT2D eigenvalue weighted by atomic mass is 14.9. The Kier molecular flexibility index (Phi) is 20.9. The van der Waals surface area contributed by atoms with E-state index in [1.165, 1.54) is 140 Å². The van der Waals surface area contributed by atoms with E-state index >= 15 is 0 Å². The molecule has 0 saturated heterocycles. The normalized spacial score (nSPS) is 10.5. The molecular formula is C82H86N4+4. The summed E-state index contributed by atoms with van der Waals surface area (Å²) in [5.74, 6) is 0. The first-order valence-corrected chi connectivity index (χ1v) is 29.5. The molecule has 4 heteroatoms. The predicted octanol–water partition coefficient (Wildman–Crippen LogP) is 18.8. The molecule has 12 aromatic rings. The van der Waals surface area contributed by atoms with E-state index in [0.717, 1.165) is 0 Å². The van der Waals surface area contributed by atoms with Crippen LogP contribution in [0.25, 0.3) is 89.5 Å². The average Bonchev–Trinajstić information content (AvgIpc) is 3.28. The fourth-order valence-corrected chi connectivity index (χ4v) is 11.4. The standard InChI is InChI=1S/C21H22N.3C20H20N.CH4/c1-15-10-11-19(16(2)12-15)21-13-17(3)20(14-22(21)4)18-8-6-5-7-9-18;2*1-15-9-7-8-12-18(15)20-13-16(2)19(14-21(20)3)17-10-5-4-6-11-17;1-15-9-11-19(16(2)13-15)20-12-10-18(14-21(20)3)17-7-5-4-6-8-17;/h5-14H,1-4H3;3*4-14H,1-3H3;1H4/q4*+1;. The molecule has 0 aliphatic carbocycles. The second-order valence-electron chi connectivity index (χ2n) is 22.7. The van der Waals surface area contributed by atoms with Gasteiger partial charge in [0.1, 0.15) is 28.2 Å². The van der Waals surface area contributed by atoms with Crippen LogP contribution in [0.4, 0.5) is 0 Å². The van der Waals surface area contributed by atoms with Gasteiger partial charge in [-0.15, -0.1) is 0 Å². The van der Waals surface area contributed by atoms with Gasteiger partial charge in [0.25, 0.3) is 0 Å². The maximum atomic E-state index is 2.29. The number of aromatic nitrogens is 4. The third-order valence-electron chi connectivity index (χ3n) is 16.1. The number of pyridine rings is 4. The highest BCUT2D eigenvalue weighted by molar-refractivity contribution is 5.73. The lowest BCUT2D eigenvalue weighted by Gasteiger charge is -2.10. The van der Waals surface area contributed by atoms with Crippen LogP contribution in [0, 0.1) is 62.3 Å². The SMILES string of the molecule is C.Cc1cc(-c2ccccc2C)[n+](C)cc1-c1ccccc1.Cc1cc(-c2ccccc2C)[n+](C)cc1-c1ccccc1.Cc1ccc(-c2cc(C)c(-c3ccccc3)c[n+]2C)c(C)c1.Cc1ccc(-c2ccc(-c3ccccc3)c[n+]2C)c(C)c1. The van der Waals surface area contributed by atoms with Crippen LogP contribution in [0.5, 0.6) is 0 Å². The van der Waals surface area contributed by atoms with Crippen LogP contribution in [0.3, 0.4) is 0 Å². The molecule has 8 aromatic carbocycles. The number of aryl methyl sites for hydroxylation is 13. The summed E-state index contributed by atoms with van der Waals surface area (Å²) in [4.78, 5) is 0. The summed E-state index contributed by atoms with van der Waals surface area (Å²) in [7, 11) is 8.48.